The van der Waals surface area contributed by atoms with Crippen molar-refractivity contribution in [2.45, 2.75) is 19.3 Å². The second-order valence-electron chi connectivity index (χ2n) is 7.70. The molecule has 4 rings (SSSR count). The van der Waals surface area contributed by atoms with Gasteiger partial charge in [-0.15, -0.1) is 0 Å². The Bertz CT molecular complexity index is 1170. The van der Waals surface area contributed by atoms with Gasteiger partial charge in [-0.1, -0.05) is 23.2 Å². The Labute approximate surface area is 208 Å². The highest BCUT2D eigenvalue weighted by atomic mass is 35.5. The Morgan fingerprint density at radius 2 is 1.76 bits per heavy atom. The number of carbonyl (C=O) groups is 1. The lowest BCUT2D eigenvalue weighted by atomic mass is 10.1. The molecule has 1 aliphatic heterocycles. The van der Waals surface area contributed by atoms with E-state index in [0.29, 0.717) is 21.6 Å². The van der Waals surface area contributed by atoms with Gasteiger partial charge in [0.15, 0.2) is 5.11 Å². The van der Waals surface area contributed by atoms with Crippen LogP contribution in [-0.4, -0.2) is 24.1 Å². The van der Waals surface area contributed by atoms with Gasteiger partial charge in [-0.05, 0) is 92.2 Å². The van der Waals surface area contributed by atoms with Crippen molar-refractivity contribution in [3.63, 3.8) is 0 Å². The van der Waals surface area contributed by atoms with Gasteiger partial charge in [0.25, 0.3) is 0 Å². The molecule has 5 nitrogen and oxygen atoms in total. The quantitative estimate of drug-likeness (QED) is 0.299. The minimum absolute atomic E-state index is 0.225. The highest BCUT2D eigenvalue weighted by molar-refractivity contribution is 7.80. The lowest BCUT2D eigenvalue weighted by Crippen LogP contribution is -2.32. The van der Waals surface area contributed by atoms with Gasteiger partial charge in [0.05, 0.1) is 5.02 Å². The van der Waals surface area contributed by atoms with E-state index in [2.05, 4.69) is 27.7 Å². The van der Waals surface area contributed by atoms with Crippen LogP contribution in [0.25, 0.3) is 17.4 Å². The molecule has 2 N–H and O–H groups in total. The number of rotatable bonds is 5. The maximum Gasteiger partial charge on any atom is 0.250 e. The van der Waals surface area contributed by atoms with Crippen molar-refractivity contribution in [1.82, 2.24) is 5.32 Å². The summed E-state index contributed by atoms with van der Waals surface area (Å²) in [6.45, 7) is 2.19. The molecule has 33 heavy (non-hydrogen) atoms. The van der Waals surface area contributed by atoms with E-state index in [9.17, 15) is 4.79 Å². The normalized spacial score (nSPS) is 13.8. The molecular formula is C25H23Cl2N3O2S. The number of hydrogen-bond acceptors (Lipinski definition) is 4. The van der Waals surface area contributed by atoms with Gasteiger partial charge < -0.3 is 14.6 Å². The number of hydrogen-bond donors (Lipinski definition) is 2. The number of halogens is 2. The van der Waals surface area contributed by atoms with Gasteiger partial charge >= 0.3 is 0 Å². The molecule has 8 heteroatoms. The van der Waals surface area contributed by atoms with Crippen LogP contribution in [0.1, 0.15) is 25.0 Å². The van der Waals surface area contributed by atoms with E-state index in [1.165, 1.54) is 31.0 Å². The summed E-state index contributed by atoms with van der Waals surface area (Å²) in [5, 5.41) is 6.94. The van der Waals surface area contributed by atoms with Gasteiger partial charge in [0, 0.05) is 41.1 Å². The second-order valence-corrected chi connectivity index (χ2v) is 8.95. The number of nitrogens with one attached hydrogen (secondary N) is 2. The maximum absolute atomic E-state index is 12.2. The zero-order valence-electron chi connectivity index (χ0n) is 17.8. The van der Waals surface area contributed by atoms with E-state index in [4.69, 9.17) is 39.8 Å². The zero-order valence-corrected chi connectivity index (χ0v) is 20.1. The number of amides is 1. The molecule has 0 saturated carbocycles. The minimum atomic E-state index is -0.361. The molecule has 1 aliphatic rings. The largest absolute Gasteiger partial charge is 0.457 e. The molecule has 170 valence electrons. The third-order valence-corrected chi connectivity index (χ3v) is 6.06. The first kappa shape index (κ1) is 23.4. The molecule has 2 aromatic carbocycles. The number of furan rings is 1. The van der Waals surface area contributed by atoms with Crippen LogP contribution in [0.5, 0.6) is 0 Å². The smallest absolute Gasteiger partial charge is 0.250 e. The van der Waals surface area contributed by atoms with Crippen LogP contribution in [0.4, 0.5) is 11.4 Å². The molecule has 1 aromatic heterocycles. The van der Waals surface area contributed by atoms with Crippen LogP contribution >= 0.6 is 35.4 Å². The molecule has 0 radical (unpaired) electrons. The number of benzene rings is 2. The fourth-order valence-electron chi connectivity index (χ4n) is 3.66. The van der Waals surface area contributed by atoms with Crippen LogP contribution in [0, 0.1) is 0 Å². The van der Waals surface area contributed by atoms with Gasteiger partial charge in [0.2, 0.25) is 5.91 Å². The highest BCUT2D eigenvalue weighted by Gasteiger charge is 2.11. The predicted octanol–water partition coefficient (Wildman–Crippen LogP) is 6.77. The van der Waals surface area contributed by atoms with Gasteiger partial charge in [0.1, 0.15) is 11.5 Å². The summed E-state index contributed by atoms with van der Waals surface area (Å²) >= 11 is 17.4. The van der Waals surface area contributed by atoms with Crippen LogP contribution in [0.15, 0.2) is 65.1 Å². The van der Waals surface area contributed by atoms with E-state index in [1.807, 2.05) is 12.1 Å². The topological polar surface area (TPSA) is 57.5 Å². The maximum atomic E-state index is 12.2. The first-order chi connectivity index (χ1) is 16.0. The summed E-state index contributed by atoms with van der Waals surface area (Å²) in [5.41, 5.74) is 2.75. The third kappa shape index (κ3) is 6.38. The summed E-state index contributed by atoms with van der Waals surface area (Å²) < 4.78 is 5.76. The molecule has 0 aliphatic carbocycles. The summed E-state index contributed by atoms with van der Waals surface area (Å²) in [6, 6.07) is 16.8. The lowest BCUT2D eigenvalue weighted by molar-refractivity contribution is -0.115. The SMILES string of the molecule is O=C(/C=C/c1ccc(-c2ccc(Cl)cc2Cl)o1)NC(=S)Nc1ccc(N2CCCCC2)cc1. The van der Waals surface area contributed by atoms with Crippen LogP contribution in [0.2, 0.25) is 10.0 Å². The molecule has 0 bridgehead atoms. The number of carbonyl (C=O) groups excluding carboxylic acids is 1. The van der Waals surface area contributed by atoms with Crippen molar-refractivity contribution in [1.29, 1.82) is 0 Å². The molecule has 1 saturated heterocycles. The number of thiocarbonyl (C=S) groups is 1. The molecule has 2 heterocycles. The van der Waals surface area contributed by atoms with E-state index in [-0.39, 0.29) is 11.0 Å². The summed E-state index contributed by atoms with van der Waals surface area (Å²) in [6.07, 6.45) is 6.70. The molecule has 0 unspecified atom stereocenters. The average molecular weight is 500 g/mol. The Kier molecular flexibility index (Phi) is 7.70. The van der Waals surface area contributed by atoms with Gasteiger partial charge in [-0.25, -0.2) is 0 Å². The van der Waals surface area contributed by atoms with E-state index in [1.54, 1.807) is 36.4 Å². The highest BCUT2D eigenvalue weighted by Crippen LogP contribution is 2.31. The van der Waals surface area contributed by atoms with Crippen molar-refractivity contribution in [3.05, 3.63) is 76.5 Å². The Morgan fingerprint density at radius 1 is 1.00 bits per heavy atom. The molecule has 0 atom stereocenters. The van der Waals surface area contributed by atoms with Gasteiger partial charge in [-0.3, -0.25) is 10.1 Å². The standard InChI is InChI=1S/C25H23Cl2N3O2S/c26-17-4-11-21(22(27)16-17)23-12-9-20(32-23)10-13-24(31)29-25(33)28-18-5-7-19(8-6-18)30-14-2-1-3-15-30/h4-13,16H,1-3,14-15H2,(H2,28,29,31,33)/b13-10+. The van der Waals surface area contributed by atoms with Crippen molar-refractivity contribution in [3.8, 4) is 11.3 Å². The van der Waals surface area contributed by atoms with E-state index < -0.39 is 0 Å². The monoisotopic (exact) mass is 499 g/mol. The Hall–Kier alpha value is -2.80. The van der Waals surface area contributed by atoms with Gasteiger partial charge in [-0.2, -0.15) is 0 Å². The first-order valence-corrected chi connectivity index (χ1v) is 11.8. The lowest BCUT2D eigenvalue weighted by Gasteiger charge is -2.28. The molecular weight excluding hydrogens is 477 g/mol. The molecule has 3 aromatic rings. The van der Waals surface area contributed by atoms with Crippen LogP contribution < -0.4 is 15.5 Å². The van der Waals surface area contributed by atoms with Crippen LogP contribution in [-0.2, 0) is 4.79 Å². The van der Waals surface area contributed by atoms with Crippen molar-refractivity contribution in [2.24, 2.45) is 0 Å². The number of piperidine rings is 1. The minimum Gasteiger partial charge on any atom is -0.457 e. The first-order valence-electron chi connectivity index (χ1n) is 10.7. The third-order valence-electron chi connectivity index (χ3n) is 5.31. The van der Waals surface area contributed by atoms with E-state index >= 15 is 0 Å². The fourth-order valence-corrected chi connectivity index (χ4v) is 4.38. The summed E-state index contributed by atoms with van der Waals surface area (Å²) in [7, 11) is 0. The molecule has 0 spiro atoms. The molecule has 1 amide bonds. The van der Waals surface area contributed by atoms with Crippen molar-refractivity contribution in [2.75, 3.05) is 23.3 Å². The van der Waals surface area contributed by atoms with E-state index in [0.717, 1.165) is 24.3 Å². The molecule has 1 fully saturated rings. The summed E-state index contributed by atoms with van der Waals surface area (Å²) in [5.74, 6) is 0.736. The van der Waals surface area contributed by atoms with Crippen LogP contribution in [0.3, 0.4) is 0 Å². The Morgan fingerprint density at radius 3 is 2.48 bits per heavy atom. The summed E-state index contributed by atoms with van der Waals surface area (Å²) in [4.78, 5) is 14.6. The Balaban J connectivity index is 1.29. The van der Waals surface area contributed by atoms with Crippen molar-refractivity contribution < 1.29 is 9.21 Å². The zero-order chi connectivity index (χ0) is 23.2. The second kappa shape index (κ2) is 10.9. The fraction of sp³-hybridized carbons (Fsp3) is 0.200. The predicted molar refractivity (Wildman–Crippen MR) is 140 cm³/mol. The average Bonchev–Trinajstić information content (AvgIpc) is 3.27. The number of nitrogens with zero attached hydrogens (tertiary/aromatic N) is 1. The number of anilines is 2. The van der Waals surface area contributed by atoms with Crippen molar-refractivity contribution >= 4 is 63.9 Å².